The largest absolute Gasteiger partial charge is 0.361 e. The molecule has 4 rings (SSSR count). The Balaban J connectivity index is 1.67. The van der Waals surface area contributed by atoms with E-state index in [9.17, 15) is 5.26 Å². The van der Waals surface area contributed by atoms with Gasteiger partial charge in [0.25, 0.3) is 0 Å². The van der Waals surface area contributed by atoms with Crippen LogP contribution in [0.25, 0.3) is 11.4 Å². The van der Waals surface area contributed by atoms with Crippen molar-refractivity contribution in [1.29, 1.82) is 5.26 Å². The van der Waals surface area contributed by atoms with E-state index in [4.69, 9.17) is 11.6 Å². The summed E-state index contributed by atoms with van der Waals surface area (Å²) in [6.45, 7) is 2.19. The third kappa shape index (κ3) is 2.51. The first-order chi connectivity index (χ1) is 11.8. The summed E-state index contributed by atoms with van der Waals surface area (Å²) in [5.41, 5.74) is 2.53. The molecule has 24 heavy (non-hydrogen) atoms. The zero-order valence-electron chi connectivity index (χ0n) is 12.9. The lowest BCUT2D eigenvalue weighted by atomic mass is 10.1. The molecule has 1 aromatic heterocycles. The predicted molar refractivity (Wildman–Crippen MR) is 92.7 cm³/mol. The number of halogens is 1. The summed E-state index contributed by atoms with van der Waals surface area (Å²) in [6, 6.07) is 17.7. The average Bonchev–Trinajstić information content (AvgIpc) is 3.05. The number of hydrogen-bond acceptors (Lipinski definition) is 4. The van der Waals surface area contributed by atoms with Crippen molar-refractivity contribution in [3.8, 4) is 17.5 Å². The van der Waals surface area contributed by atoms with Gasteiger partial charge in [0.2, 0.25) is 0 Å². The van der Waals surface area contributed by atoms with Crippen molar-refractivity contribution in [2.75, 3.05) is 11.4 Å². The van der Waals surface area contributed by atoms with Gasteiger partial charge >= 0.3 is 0 Å². The fourth-order valence-electron chi connectivity index (χ4n) is 3.04. The van der Waals surface area contributed by atoms with Gasteiger partial charge < -0.3 is 9.47 Å². The van der Waals surface area contributed by atoms with E-state index < -0.39 is 0 Å². The molecule has 1 aliphatic rings. The molecule has 3 aromatic rings. The average molecular weight is 336 g/mol. The van der Waals surface area contributed by atoms with Crippen LogP contribution in [0.1, 0.15) is 11.4 Å². The zero-order chi connectivity index (χ0) is 16.5. The topological polar surface area (TPSA) is 57.7 Å². The van der Waals surface area contributed by atoms with Crippen LogP contribution in [0.5, 0.6) is 0 Å². The van der Waals surface area contributed by atoms with Crippen LogP contribution in [-0.4, -0.2) is 21.3 Å². The van der Waals surface area contributed by atoms with E-state index in [1.165, 1.54) is 0 Å². The van der Waals surface area contributed by atoms with Gasteiger partial charge in [0.1, 0.15) is 6.07 Å². The van der Waals surface area contributed by atoms with E-state index in [0.29, 0.717) is 17.1 Å². The minimum atomic E-state index is 0.571. The van der Waals surface area contributed by atoms with E-state index in [1.54, 1.807) is 6.07 Å². The summed E-state index contributed by atoms with van der Waals surface area (Å²) < 4.78 is 2.15. The summed E-state index contributed by atoms with van der Waals surface area (Å²) in [6.07, 6.45) is 0. The molecular formula is C18H14ClN5. The van der Waals surface area contributed by atoms with Gasteiger partial charge in [-0.3, -0.25) is 0 Å². The maximum absolute atomic E-state index is 9.35. The number of fused-ring (bicyclic) bond motifs is 1. The number of rotatable bonds is 2. The minimum absolute atomic E-state index is 0.571. The van der Waals surface area contributed by atoms with E-state index in [-0.39, 0.29) is 0 Å². The van der Waals surface area contributed by atoms with Gasteiger partial charge in [-0.15, -0.1) is 10.2 Å². The number of nitriles is 1. The normalized spacial score (nSPS) is 13.4. The Morgan fingerprint density at radius 2 is 1.88 bits per heavy atom. The molecule has 2 aromatic carbocycles. The number of nitrogens with zero attached hydrogens (tertiary/aromatic N) is 5. The lowest BCUT2D eigenvalue weighted by Gasteiger charge is -2.30. The van der Waals surface area contributed by atoms with E-state index >= 15 is 0 Å². The van der Waals surface area contributed by atoms with Crippen LogP contribution < -0.4 is 4.90 Å². The van der Waals surface area contributed by atoms with E-state index in [2.05, 4.69) is 25.7 Å². The maximum Gasteiger partial charge on any atom is 0.164 e. The van der Waals surface area contributed by atoms with Crippen molar-refractivity contribution >= 4 is 17.3 Å². The fourth-order valence-corrected chi connectivity index (χ4v) is 3.21. The Morgan fingerprint density at radius 1 is 1.04 bits per heavy atom. The van der Waals surface area contributed by atoms with Crippen molar-refractivity contribution < 1.29 is 0 Å². The van der Waals surface area contributed by atoms with Gasteiger partial charge in [-0.2, -0.15) is 5.26 Å². The van der Waals surface area contributed by atoms with Gasteiger partial charge in [-0.05, 0) is 18.2 Å². The first-order valence-electron chi connectivity index (χ1n) is 7.68. The molecule has 1 aliphatic heterocycles. The molecule has 0 aliphatic carbocycles. The molecule has 118 valence electrons. The summed E-state index contributed by atoms with van der Waals surface area (Å²) in [4.78, 5) is 2.15. The molecule has 0 N–H and O–H groups in total. The van der Waals surface area contributed by atoms with Crippen LogP contribution in [0.15, 0.2) is 48.5 Å². The standard InChI is InChI=1S/C18H14ClN5/c19-15-6-7-16(14(10-15)11-20)23-8-9-24-17(12-23)21-22-18(24)13-4-2-1-3-5-13/h1-7,10H,8-9,12H2. The summed E-state index contributed by atoms with van der Waals surface area (Å²) >= 11 is 5.99. The molecule has 0 atom stereocenters. The second kappa shape index (κ2) is 5.99. The summed E-state index contributed by atoms with van der Waals surface area (Å²) in [5.74, 6) is 1.79. The van der Waals surface area contributed by atoms with Gasteiger partial charge in [-0.25, -0.2) is 0 Å². The number of hydrogen-bond donors (Lipinski definition) is 0. The SMILES string of the molecule is N#Cc1cc(Cl)ccc1N1CCn2c(nnc2-c2ccccc2)C1. The second-order valence-corrected chi connectivity index (χ2v) is 6.09. The summed E-state index contributed by atoms with van der Waals surface area (Å²) in [5, 5.41) is 18.6. The molecular weight excluding hydrogens is 322 g/mol. The van der Waals surface area contributed by atoms with Crippen molar-refractivity contribution in [3.05, 3.63) is 64.9 Å². The molecule has 0 saturated carbocycles. The third-order valence-electron chi connectivity index (χ3n) is 4.20. The van der Waals surface area contributed by atoms with Crippen LogP contribution in [0.3, 0.4) is 0 Å². The molecule has 2 heterocycles. The molecule has 5 nitrogen and oxygen atoms in total. The van der Waals surface area contributed by atoms with Crippen LogP contribution in [0, 0.1) is 11.3 Å². The van der Waals surface area contributed by atoms with Gasteiger partial charge in [0.15, 0.2) is 11.6 Å². The van der Waals surface area contributed by atoms with Crippen LogP contribution >= 0.6 is 11.6 Å². The Labute approximate surface area is 144 Å². The molecule has 0 saturated heterocycles. The van der Waals surface area contributed by atoms with Gasteiger partial charge in [0.05, 0.1) is 17.8 Å². The van der Waals surface area contributed by atoms with Crippen molar-refractivity contribution in [2.45, 2.75) is 13.1 Å². The highest BCUT2D eigenvalue weighted by Crippen LogP contribution is 2.28. The highest BCUT2D eigenvalue weighted by molar-refractivity contribution is 6.30. The number of benzene rings is 2. The first-order valence-corrected chi connectivity index (χ1v) is 8.06. The van der Waals surface area contributed by atoms with Gasteiger partial charge in [-0.1, -0.05) is 41.9 Å². The Hall–Kier alpha value is -2.84. The minimum Gasteiger partial charge on any atom is -0.361 e. The number of aromatic nitrogens is 3. The number of anilines is 1. The third-order valence-corrected chi connectivity index (χ3v) is 4.44. The highest BCUT2D eigenvalue weighted by atomic mass is 35.5. The molecule has 0 amide bonds. The van der Waals surface area contributed by atoms with Crippen LogP contribution in [0.4, 0.5) is 5.69 Å². The quantitative estimate of drug-likeness (QED) is 0.719. The maximum atomic E-state index is 9.35. The zero-order valence-corrected chi connectivity index (χ0v) is 13.6. The van der Waals surface area contributed by atoms with E-state index in [1.807, 2.05) is 42.5 Å². The first kappa shape index (κ1) is 14.7. The van der Waals surface area contributed by atoms with Crippen molar-refractivity contribution in [2.24, 2.45) is 0 Å². The van der Waals surface area contributed by atoms with Gasteiger partial charge in [0, 0.05) is 23.7 Å². The lowest BCUT2D eigenvalue weighted by molar-refractivity contribution is 0.563. The Morgan fingerprint density at radius 3 is 2.67 bits per heavy atom. The van der Waals surface area contributed by atoms with Crippen molar-refractivity contribution in [1.82, 2.24) is 14.8 Å². The lowest BCUT2D eigenvalue weighted by Crippen LogP contribution is -2.34. The molecule has 0 radical (unpaired) electrons. The predicted octanol–water partition coefficient (Wildman–Crippen LogP) is 3.49. The van der Waals surface area contributed by atoms with E-state index in [0.717, 1.165) is 36.0 Å². The summed E-state index contributed by atoms with van der Waals surface area (Å²) in [7, 11) is 0. The molecule has 0 bridgehead atoms. The van der Waals surface area contributed by atoms with Crippen LogP contribution in [0.2, 0.25) is 5.02 Å². The monoisotopic (exact) mass is 335 g/mol. The highest BCUT2D eigenvalue weighted by Gasteiger charge is 2.23. The molecule has 0 fully saturated rings. The molecule has 0 unspecified atom stereocenters. The Bertz CT molecular complexity index is 926. The fraction of sp³-hybridized carbons (Fsp3) is 0.167. The smallest absolute Gasteiger partial charge is 0.164 e. The molecule has 0 spiro atoms. The van der Waals surface area contributed by atoms with Crippen LogP contribution in [-0.2, 0) is 13.1 Å². The second-order valence-electron chi connectivity index (χ2n) is 5.65. The Kier molecular flexibility index (Phi) is 3.68. The van der Waals surface area contributed by atoms with Crippen molar-refractivity contribution in [3.63, 3.8) is 0 Å². The molecule has 6 heteroatoms.